The lowest BCUT2D eigenvalue weighted by Crippen LogP contribution is -2.50. The number of anilines is 3. The van der Waals surface area contributed by atoms with E-state index in [1.165, 1.54) is 0 Å². The average molecular weight is 417 g/mol. The number of carbonyl (C=O) groups is 2. The Labute approximate surface area is 180 Å². The van der Waals surface area contributed by atoms with Crippen molar-refractivity contribution < 1.29 is 14.3 Å². The number of amides is 1. The maximum atomic E-state index is 12.6. The van der Waals surface area contributed by atoms with Gasteiger partial charge in [-0.3, -0.25) is 4.79 Å². The number of benzene rings is 2. The van der Waals surface area contributed by atoms with E-state index in [1.54, 1.807) is 41.6 Å². The second kappa shape index (κ2) is 9.71. The molecule has 1 aromatic heterocycles. The highest BCUT2D eigenvalue weighted by Gasteiger charge is 2.23. The molecule has 0 atom stereocenters. The van der Waals surface area contributed by atoms with Gasteiger partial charge in [0.1, 0.15) is 0 Å². The highest BCUT2D eigenvalue weighted by Crippen LogP contribution is 2.21. The summed E-state index contributed by atoms with van der Waals surface area (Å²) in [5, 5.41) is 3.21. The number of esters is 1. The third-order valence-electron chi connectivity index (χ3n) is 4.99. The molecule has 1 saturated heterocycles. The number of para-hydroxylation sites is 2. The van der Waals surface area contributed by atoms with E-state index in [2.05, 4.69) is 15.3 Å². The highest BCUT2D eigenvalue weighted by molar-refractivity contribution is 5.97. The van der Waals surface area contributed by atoms with Crippen molar-refractivity contribution in [1.82, 2.24) is 14.9 Å². The van der Waals surface area contributed by atoms with Crippen LogP contribution in [-0.2, 0) is 9.53 Å². The molecule has 1 N–H and O–H groups in total. The summed E-state index contributed by atoms with van der Waals surface area (Å²) in [5.41, 5.74) is 1.87. The Balaban J connectivity index is 1.31. The molecule has 0 bridgehead atoms. The van der Waals surface area contributed by atoms with Crippen molar-refractivity contribution in [3.63, 3.8) is 0 Å². The van der Waals surface area contributed by atoms with E-state index in [1.807, 2.05) is 41.3 Å². The highest BCUT2D eigenvalue weighted by atomic mass is 16.5. The second-order valence-corrected chi connectivity index (χ2v) is 7.03. The maximum Gasteiger partial charge on any atom is 0.340 e. The van der Waals surface area contributed by atoms with Crippen molar-refractivity contribution in [1.29, 1.82) is 0 Å². The van der Waals surface area contributed by atoms with Gasteiger partial charge in [0.15, 0.2) is 6.61 Å². The number of nitrogens with zero attached hydrogens (tertiary/aromatic N) is 4. The van der Waals surface area contributed by atoms with E-state index in [-0.39, 0.29) is 12.5 Å². The largest absolute Gasteiger partial charge is 0.452 e. The summed E-state index contributed by atoms with van der Waals surface area (Å²) >= 11 is 0. The average Bonchev–Trinajstić information content (AvgIpc) is 2.84. The summed E-state index contributed by atoms with van der Waals surface area (Å²) in [4.78, 5) is 37.4. The number of hydrogen-bond donors (Lipinski definition) is 1. The van der Waals surface area contributed by atoms with E-state index in [4.69, 9.17) is 4.74 Å². The number of ether oxygens (including phenoxy) is 1. The van der Waals surface area contributed by atoms with Crippen molar-refractivity contribution in [3.8, 4) is 0 Å². The molecule has 1 amide bonds. The van der Waals surface area contributed by atoms with Crippen LogP contribution in [0.25, 0.3) is 0 Å². The van der Waals surface area contributed by atoms with Crippen molar-refractivity contribution in [2.45, 2.75) is 0 Å². The first-order valence-electron chi connectivity index (χ1n) is 10.1. The topological polar surface area (TPSA) is 87.7 Å². The lowest BCUT2D eigenvalue weighted by Gasteiger charge is -2.34. The molecular weight excluding hydrogens is 394 g/mol. The van der Waals surface area contributed by atoms with Crippen LogP contribution in [0.15, 0.2) is 73.1 Å². The van der Waals surface area contributed by atoms with Crippen molar-refractivity contribution >= 4 is 29.2 Å². The number of rotatable bonds is 6. The summed E-state index contributed by atoms with van der Waals surface area (Å²) in [6, 6.07) is 18.4. The van der Waals surface area contributed by atoms with Gasteiger partial charge in [0, 0.05) is 44.3 Å². The molecule has 0 unspecified atom stereocenters. The van der Waals surface area contributed by atoms with Crippen LogP contribution < -0.4 is 10.2 Å². The molecule has 0 saturated carbocycles. The number of piperazine rings is 1. The van der Waals surface area contributed by atoms with Gasteiger partial charge in [0.05, 0.1) is 11.3 Å². The molecule has 0 spiro atoms. The van der Waals surface area contributed by atoms with Crippen molar-refractivity contribution in [2.75, 3.05) is 43.0 Å². The predicted molar refractivity (Wildman–Crippen MR) is 117 cm³/mol. The molecular formula is C23H23N5O3. The molecule has 0 radical (unpaired) electrons. The molecule has 1 fully saturated rings. The fourth-order valence-corrected chi connectivity index (χ4v) is 3.35. The van der Waals surface area contributed by atoms with Gasteiger partial charge < -0.3 is 19.9 Å². The zero-order valence-electron chi connectivity index (χ0n) is 17.0. The van der Waals surface area contributed by atoms with Crippen LogP contribution in [0.4, 0.5) is 17.3 Å². The molecule has 2 heterocycles. The number of aromatic nitrogens is 2. The quantitative estimate of drug-likeness (QED) is 0.617. The second-order valence-electron chi connectivity index (χ2n) is 7.03. The first kappa shape index (κ1) is 20.3. The van der Waals surface area contributed by atoms with Gasteiger partial charge in [-0.1, -0.05) is 30.3 Å². The van der Waals surface area contributed by atoms with Crippen molar-refractivity contribution in [3.05, 3.63) is 78.6 Å². The summed E-state index contributed by atoms with van der Waals surface area (Å²) < 4.78 is 5.32. The van der Waals surface area contributed by atoms with Gasteiger partial charge in [0.2, 0.25) is 5.95 Å². The van der Waals surface area contributed by atoms with Crippen LogP contribution in [0, 0.1) is 0 Å². The van der Waals surface area contributed by atoms with Gasteiger partial charge in [-0.25, -0.2) is 14.8 Å². The number of nitrogens with one attached hydrogen (secondary N) is 1. The lowest BCUT2D eigenvalue weighted by atomic mass is 10.1. The molecule has 0 aliphatic carbocycles. The van der Waals surface area contributed by atoms with Crippen LogP contribution in [0.3, 0.4) is 0 Å². The van der Waals surface area contributed by atoms with Gasteiger partial charge >= 0.3 is 5.97 Å². The van der Waals surface area contributed by atoms with E-state index in [0.717, 1.165) is 5.69 Å². The summed E-state index contributed by atoms with van der Waals surface area (Å²) in [6.07, 6.45) is 3.40. The van der Waals surface area contributed by atoms with Crippen molar-refractivity contribution in [2.24, 2.45) is 0 Å². The van der Waals surface area contributed by atoms with E-state index in [9.17, 15) is 9.59 Å². The van der Waals surface area contributed by atoms with E-state index >= 15 is 0 Å². The Hall–Kier alpha value is -3.94. The minimum Gasteiger partial charge on any atom is -0.452 e. The molecule has 8 nitrogen and oxygen atoms in total. The first-order valence-corrected chi connectivity index (χ1v) is 10.1. The van der Waals surface area contributed by atoms with Gasteiger partial charge in [-0.2, -0.15) is 0 Å². The van der Waals surface area contributed by atoms with Gasteiger partial charge in [-0.15, -0.1) is 0 Å². The van der Waals surface area contributed by atoms with E-state index in [0.29, 0.717) is 43.4 Å². The Morgan fingerprint density at radius 2 is 1.55 bits per heavy atom. The summed E-state index contributed by atoms with van der Waals surface area (Å²) in [6.45, 7) is 2.03. The molecule has 1 aliphatic heterocycles. The molecule has 158 valence electrons. The van der Waals surface area contributed by atoms with Crippen LogP contribution in [-0.4, -0.2) is 59.5 Å². The van der Waals surface area contributed by atoms with Crippen LogP contribution in [0.1, 0.15) is 10.4 Å². The molecule has 31 heavy (non-hydrogen) atoms. The zero-order valence-corrected chi connectivity index (χ0v) is 17.0. The number of hydrogen-bond acceptors (Lipinski definition) is 7. The Morgan fingerprint density at radius 1 is 0.871 bits per heavy atom. The smallest absolute Gasteiger partial charge is 0.340 e. The standard InChI is InChI=1S/C23H23N5O3/c29-21(27-13-15-28(16-14-27)23-24-11-6-12-25-23)17-31-22(30)19-9-4-5-10-20(19)26-18-7-2-1-3-8-18/h1-12,26H,13-17H2. The minimum atomic E-state index is -0.538. The van der Waals surface area contributed by atoms with Crippen LogP contribution >= 0.6 is 0 Å². The molecule has 2 aromatic carbocycles. The third kappa shape index (κ3) is 5.16. The molecule has 3 aromatic rings. The Morgan fingerprint density at radius 3 is 2.29 bits per heavy atom. The Bertz CT molecular complexity index is 1020. The fraction of sp³-hybridized carbons (Fsp3) is 0.217. The molecule has 4 rings (SSSR count). The number of carbonyl (C=O) groups excluding carboxylic acids is 2. The predicted octanol–water partition coefficient (Wildman–Crippen LogP) is 2.73. The third-order valence-corrected chi connectivity index (χ3v) is 4.99. The fourth-order valence-electron chi connectivity index (χ4n) is 3.35. The summed E-state index contributed by atoms with van der Waals surface area (Å²) in [5.74, 6) is -0.0947. The Kier molecular flexibility index (Phi) is 6.37. The first-order chi connectivity index (χ1) is 15.2. The monoisotopic (exact) mass is 417 g/mol. The molecule has 8 heteroatoms. The van der Waals surface area contributed by atoms with E-state index < -0.39 is 5.97 Å². The van der Waals surface area contributed by atoms with Crippen LogP contribution in [0.2, 0.25) is 0 Å². The minimum absolute atomic E-state index is 0.213. The normalized spacial score (nSPS) is 13.5. The lowest BCUT2D eigenvalue weighted by molar-refractivity contribution is -0.134. The van der Waals surface area contributed by atoms with Crippen LogP contribution in [0.5, 0.6) is 0 Å². The SMILES string of the molecule is O=C(OCC(=O)N1CCN(c2ncccn2)CC1)c1ccccc1Nc1ccccc1. The summed E-state index contributed by atoms with van der Waals surface area (Å²) in [7, 11) is 0. The van der Waals surface area contributed by atoms with Gasteiger partial charge in [-0.05, 0) is 30.3 Å². The van der Waals surface area contributed by atoms with Gasteiger partial charge in [0.25, 0.3) is 5.91 Å². The maximum absolute atomic E-state index is 12.6. The zero-order chi connectivity index (χ0) is 21.5. The molecule has 1 aliphatic rings.